The van der Waals surface area contributed by atoms with Gasteiger partial charge in [-0.2, -0.15) is 0 Å². The average molecular weight is 259 g/mol. The van der Waals surface area contributed by atoms with E-state index in [1.54, 1.807) is 5.56 Å². The van der Waals surface area contributed by atoms with Crippen LogP contribution in [0.2, 0.25) is 0 Å². The lowest BCUT2D eigenvalue weighted by molar-refractivity contribution is -0.0707. The lowest BCUT2D eigenvalue weighted by Gasteiger charge is -2.50. The van der Waals surface area contributed by atoms with E-state index in [9.17, 15) is 0 Å². The summed E-state index contributed by atoms with van der Waals surface area (Å²) >= 11 is 0. The maximum absolute atomic E-state index is 5.60. The smallest absolute Gasteiger partial charge is 0.170 e. The first-order valence-electron chi connectivity index (χ1n) is 7.40. The SMILES string of the molecule is c1ccc2c(c1)CN(CC1OCCO1)CC21CCC1. The summed E-state index contributed by atoms with van der Waals surface area (Å²) in [5, 5.41) is 0. The van der Waals surface area contributed by atoms with Gasteiger partial charge in [0.05, 0.1) is 13.2 Å². The van der Waals surface area contributed by atoms with Gasteiger partial charge in [0.1, 0.15) is 0 Å². The predicted octanol–water partition coefficient (Wildman–Crippen LogP) is 2.30. The molecular weight excluding hydrogens is 238 g/mol. The number of hydrogen-bond donors (Lipinski definition) is 0. The maximum Gasteiger partial charge on any atom is 0.170 e. The van der Waals surface area contributed by atoms with Gasteiger partial charge in [-0.1, -0.05) is 30.7 Å². The highest BCUT2D eigenvalue weighted by molar-refractivity contribution is 5.38. The largest absolute Gasteiger partial charge is 0.349 e. The summed E-state index contributed by atoms with van der Waals surface area (Å²) in [5.41, 5.74) is 3.53. The van der Waals surface area contributed by atoms with E-state index in [-0.39, 0.29) is 6.29 Å². The molecule has 1 aromatic rings. The molecule has 0 atom stereocenters. The number of ether oxygens (including phenoxy) is 2. The van der Waals surface area contributed by atoms with Crippen LogP contribution < -0.4 is 0 Å². The van der Waals surface area contributed by atoms with Gasteiger partial charge in [-0.25, -0.2) is 0 Å². The predicted molar refractivity (Wildman–Crippen MR) is 72.9 cm³/mol. The van der Waals surface area contributed by atoms with Crippen molar-refractivity contribution in [2.45, 2.75) is 37.5 Å². The third-order valence-corrected chi connectivity index (χ3v) is 4.92. The van der Waals surface area contributed by atoms with Crippen molar-refractivity contribution >= 4 is 0 Å². The van der Waals surface area contributed by atoms with Crippen molar-refractivity contribution in [3.8, 4) is 0 Å². The zero-order valence-electron chi connectivity index (χ0n) is 11.3. The van der Waals surface area contributed by atoms with Gasteiger partial charge < -0.3 is 9.47 Å². The fourth-order valence-electron chi connectivity index (χ4n) is 3.87. The summed E-state index contributed by atoms with van der Waals surface area (Å²) in [4.78, 5) is 2.53. The molecule has 0 unspecified atom stereocenters. The molecule has 3 nitrogen and oxygen atoms in total. The Kier molecular flexibility index (Phi) is 2.87. The van der Waals surface area contributed by atoms with Crippen LogP contribution in [0.3, 0.4) is 0 Å². The molecule has 1 saturated carbocycles. The van der Waals surface area contributed by atoms with Crippen LogP contribution in [0, 0.1) is 0 Å². The molecule has 1 spiro atoms. The summed E-state index contributed by atoms with van der Waals surface area (Å²) in [6, 6.07) is 8.99. The lowest BCUT2D eigenvalue weighted by Crippen LogP contribution is -2.51. The minimum atomic E-state index is -0.0117. The van der Waals surface area contributed by atoms with Gasteiger partial charge in [-0.3, -0.25) is 4.90 Å². The van der Waals surface area contributed by atoms with E-state index in [4.69, 9.17) is 9.47 Å². The second-order valence-electron chi connectivity index (χ2n) is 6.13. The summed E-state index contributed by atoms with van der Waals surface area (Å²) < 4.78 is 11.2. The Hall–Kier alpha value is -0.900. The average Bonchev–Trinajstić information content (AvgIpc) is 2.88. The van der Waals surface area contributed by atoms with E-state index >= 15 is 0 Å². The van der Waals surface area contributed by atoms with E-state index in [1.165, 1.54) is 31.4 Å². The highest BCUT2D eigenvalue weighted by atomic mass is 16.7. The molecular formula is C16H21NO2. The monoisotopic (exact) mass is 259 g/mol. The number of benzene rings is 1. The highest BCUT2D eigenvalue weighted by Gasteiger charge is 2.44. The van der Waals surface area contributed by atoms with E-state index in [2.05, 4.69) is 29.2 Å². The van der Waals surface area contributed by atoms with Crippen molar-refractivity contribution in [1.82, 2.24) is 4.90 Å². The van der Waals surface area contributed by atoms with Crippen molar-refractivity contribution in [1.29, 1.82) is 0 Å². The van der Waals surface area contributed by atoms with Crippen LogP contribution in [0.15, 0.2) is 24.3 Å². The van der Waals surface area contributed by atoms with Crippen molar-refractivity contribution in [3.63, 3.8) is 0 Å². The molecule has 0 radical (unpaired) electrons. The van der Waals surface area contributed by atoms with E-state index in [0.717, 1.165) is 26.3 Å². The Balaban J connectivity index is 1.57. The maximum atomic E-state index is 5.60. The van der Waals surface area contributed by atoms with Crippen molar-refractivity contribution < 1.29 is 9.47 Å². The third-order valence-electron chi connectivity index (χ3n) is 4.92. The van der Waals surface area contributed by atoms with Crippen LogP contribution in [0.1, 0.15) is 30.4 Å². The van der Waals surface area contributed by atoms with Crippen molar-refractivity contribution in [2.24, 2.45) is 0 Å². The molecule has 1 aromatic carbocycles. The molecule has 3 heteroatoms. The Morgan fingerprint density at radius 2 is 1.95 bits per heavy atom. The van der Waals surface area contributed by atoms with Crippen LogP contribution in [-0.4, -0.2) is 37.5 Å². The van der Waals surface area contributed by atoms with E-state index in [1.807, 2.05) is 0 Å². The summed E-state index contributed by atoms with van der Waals surface area (Å²) in [6.45, 7) is 4.63. The zero-order valence-corrected chi connectivity index (χ0v) is 11.3. The van der Waals surface area contributed by atoms with Gasteiger partial charge in [0.15, 0.2) is 6.29 Å². The van der Waals surface area contributed by atoms with Crippen LogP contribution in [0.25, 0.3) is 0 Å². The van der Waals surface area contributed by atoms with E-state index in [0.29, 0.717) is 5.41 Å². The molecule has 2 heterocycles. The molecule has 3 aliphatic rings. The van der Waals surface area contributed by atoms with Crippen LogP contribution in [0.5, 0.6) is 0 Å². The molecule has 4 rings (SSSR count). The molecule has 2 aliphatic heterocycles. The molecule has 1 saturated heterocycles. The third kappa shape index (κ3) is 2.00. The zero-order chi connectivity index (χ0) is 12.7. The Bertz CT molecular complexity index is 464. The Morgan fingerprint density at radius 3 is 2.68 bits per heavy atom. The van der Waals surface area contributed by atoms with Crippen LogP contribution in [0.4, 0.5) is 0 Å². The van der Waals surface area contributed by atoms with Crippen molar-refractivity contribution in [2.75, 3.05) is 26.3 Å². The lowest BCUT2D eigenvalue weighted by atomic mass is 9.61. The number of rotatable bonds is 2. The number of nitrogens with zero attached hydrogens (tertiary/aromatic N) is 1. The summed E-state index contributed by atoms with van der Waals surface area (Å²) in [5.74, 6) is 0. The topological polar surface area (TPSA) is 21.7 Å². The van der Waals surface area contributed by atoms with E-state index < -0.39 is 0 Å². The van der Waals surface area contributed by atoms with Gasteiger partial charge >= 0.3 is 0 Å². The number of hydrogen-bond acceptors (Lipinski definition) is 3. The summed E-state index contributed by atoms with van der Waals surface area (Å²) in [7, 11) is 0. The van der Waals surface area contributed by atoms with Crippen molar-refractivity contribution in [3.05, 3.63) is 35.4 Å². The summed E-state index contributed by atoms with van der Waals surface area (Å²) in [6.07, 6.45) is 4.04. The molecule has 0 aromatic heterocycles. The normalized spacial score (nSPS) is 26.3. The molecule has 0 amide bonds. The fraction of sp³-hybridized carbons (Fsp3) is 0.625. The number of fused-ring (bicyclic) bond motifs is 2. The van der Waals surface area contributed by atoms with Crippen LogP contribution >= 0.6 is 0 Å². The minimum absolute atomic E-state index is 0.0117. The highest BCUT2D eigenvalue weighted by Crippen LogP contribution is 2.48. The molecule has 19 heavy (non-hydrogen) atoms. The van der Waals surface area contributed by atoms with Gasteiger partial charge in [-0.05, 0) is 24.0 Å². The quantitative estimate of drug-likeness (QED) is 0.813. The Labute approximate surface area is 114 Å². The first-order valence-corrected chi connectivity index (χ1v) is 7.40. The molecule has 1 aliphatic carbocycles. The standard InChI is InChI=1S/C16H21NO2/c1-2-5-14-13(4-1)10-17(11-15-18-8-9-19-15)12-16(14)6-3-7-16/h1-2,4-5,15H,3,6-12H2. The second-order valence-corrected chi connectivity index (χ2v) is 6.13. The van der Waals surface area contributed by atoms with Gasteiger partial charge in [0, 0.05) is 25.0 Å². The molecule has 0 N–H and O–H groups in total. The second kappa shape index (κ2) is 4.58. The van der Waals surface area contributed by atoms with Gasteiger partial charge in [-0.15, -0.1) is 0 Å². The molecule has 102 valence electrons. The fourth-order valence-corrected chi connectivity index (χ4v) is 3.87. The first kappa shape index (κ1) is 11.9. The molecule has 2 fully saturated rings. The van der Waals surface area contributed by atoms with Gasteiger partial charge in [0.2, 0.25) is 0 Å². The van der Waals surface area contributed by atoms with Gasteiger partial charge in [0.25, 0.3) is 0 Å². The first-order chi connectivity index (χ1) is 9.36. The minimum Gasteiger partial charge on any atom is -0.349 e. The molecule has 0 bridgehead atoms. The Morgan fingerprint density at radius 1 is 1.16 bits per heavy atom. The van der Waals surface area contributed by atoms with Crippen LogP contribution in [-0.2, 0) is 21.4 Å².